The fourth-order valence-corrected chi connectivity index (χ4v) is 4.26. The molecule has 0 radical (unpaired) electrons. The van der Waals surface area contributed by atoms with Crippen molar-refractivity contribution >= 4 is 43.8 Å². The zero-order chi connectivity index (χ0) is 19.4. The first-order valence-corrected chi connectivity index (χ1v) is 9.75. The minimum atomic E-state index is -0.519. The van der Waals surface area contributed by atoms with E-state index < -0.39 is 10.8 Å². The van der Waals surface area contributed by atoms with Crippen LogP contribution in [0, 0.1) is 10.1 Å². The lowest BCUT2D eigenvalue weighted by Crippen LogP contribution is -2.19. The van der Waals surface area contributed by atoms with Crippen molar-refractivity contribution < 1.29 is 19.2 Å². The summed E-state index contributed by atoms with van der Waals surface area (Å²) in [4.78, 5) is 27.7. The van der Waals surface area contributed by atoms with Gasteiger partial charge >= 0.3 is 5.00 Å². The summed E-state index contributed by atoms with van der Waals surface area (Å²) in [5.74, 6) is 0.243. The van der Waals surface area contributed by atoms with Crippen LogP contribution in [0.25, 0.3) is 10.2 Å². The molecule has 0 aliphatic heterocycles. The van der Waals surface area contributed by atoms with Gasteiger partial charge in [-0.15, -0.1) is 0 Å². The third-order valence-electron chi connectivity index (χ3n) is 3.66. The highest BCUT2D eigenvalue weighted by atomic mass is 32.1. The van der Waals surface area contributed by atoms with E-state index in [0.717, 1.165) is 27.3 Å². The summed E-state index contributed by atoms with van der Waals surface area (Å²) in [7, 11) is 1.61. The van der Waals surface area contributed by atoms with E-state index >= 15 is 0 Å². The number of fused-ring (bicyclic) bond motifs is 1. The maximum absolute atomic E-state index is 12.5. The number of benzene rings is 1. The molecule has 0 unspecified atom stereocenters. The maximum atomic E-state index is 12.5. The van der Waals surface area contributed by atoms with Gasteiger partial charge in [-0.1, -0.05) is 22.7 Å². The Hall–Kier alpha value is -2.56. The number of carbonyl (C=O) groups is 1. The number of rotatable bonds is 7. The molecule has 0 N–H and O–H groups in total. The van der Waals surface area contributed by atoms with Gasteiger partial charge in [0, 0.05) is 19.7 Å². The van der Waals surface area contributed by atoms with Crippen molar-refractivity contribution in [2.45, 2.75) is 13.5 Å². The average molecular weight is 407 g/mol. The minimum Gasteiger partial charge on any atom is -0.494 e. The highest BCUT2D eigenvalue weighted by Crippen LogP contribution is 2.26. The van der Waals surface area contributed by atoms with Crippen LogP contribution in [0.5, 0.6) is 5.75 Å². The van der Waals surface area contributed by atoms with E-state index in [0.29, 0.717) is 24.6 Å². The largest absolute Gasteiger partial charge is 0.494 e. The van der Waals surface area contributed by atoms with E-state index in [2.05, 4.69) is 4.99 Å². The second-order valence-electron chi connectivity index (χ2n) is 5.40. The molecule has 27 heavy (non-hydrogen) atoms. The molecule has 3 aromatic rings. The summed E-state index contributed by atoms with van der Waals surface area (Å²) in [5.41, 5.74) is 0.921. The average Bonchev–Trinajstić information content (AvgIpc) is 3.25. The van der Waals surface area contributed by atoms with E-state index in [1.807, 2.05) is 29.7 Å². The van der Waals surface area contributed by atoms with Crippen LogP contribution in [-0.4, -0.2) is 35.7 Å². The SMILES string of the molecule is CCOc1ccc2c(c1)sc(=NC(=O)c1ccc([N+](=O)[O-])s1)n2CCOC. The number of aromatic nitrogens is 1. The van der Waals surface area contributed by atoms with Crippen molar-refractivity contribution in [2.75, 3.05) is 20.3 Å². The fraction of sp³-hybridized carbons (Fsp3) is 0.294. The Morgan fingerprint density at radius 2 is 2.11 bits per heavy atom. The molecule has 1 aromatic carbocycles. The van der Waals surface area contributed by atoms with Crippen LogP contribution in [0.1, 0.15) is 16.6 Å². The van der Waals surface area contributed by atoms with E-state index in [1.165, 1.54) is 23.5 Å². The maximum Gasteiger partial charge on any atom is 0.324 e. The zero-order valence-corrected chi connectivity index (χ0v) is 16.3. The topological polar surface area (TPSA) is 96.0 Å². The van der Waals surface area contributed by atoms with E-state index in [9.17, 15) is 14.9 Å². The Bertz CT molecular complexity index is 1050. The summed E-state index contributed by atoms with van der Waals surface area (Å²) in [6, 6.07) is 8.44. The van der Waals surface area contributed by atoms with Crippen molar-refractivity contribution in [2.24, 2.45) is 4.99 Å². The van der Waals surface area contributed by atoms with Gasteiger partial charge in [0.25, 0.3) is 5.91 Å². The number of carbonyl (C=O) groups excluding carboxylic acids is 1. The number of hydrogen-bond donors (Lipinski definition) is 0. The molecule has 2 aromatic heterocycles. The van der Waals surface area contributed by atoms with Crippen LogP contribution in [0.4, 0.5) is 5.00 Å². The summed E-state index contributed by atoms with van der Waals surface area (Å²) in [6.07, 6.45) is 0. The number of thiophene rings is 1. The monoisotopic (exact) mass is 407 g/mol. The Labute approximate surface area is 162 Å². The van der Waals surface area contributed by atoms with Gasteiger partial charge in [0.05, 0.1) is 28.4 Å². The molecular formula is C17H17N3O5S2. The molecule has 8 nitrogen and oxygen atoms in total. The van der Waals surface area contributed by atoms with Crippen LogP contribution in [-0.2, 0) is 11.3 Å². The van der Waals surface area contributed by atoms with Crippen molar-refractivity contribution in [1.29, 1.82) is 0 Å². The minimum absolute atomic E-state index is 0.0847. The summed E-state index contributed by atoms with van der Waals surface area (Å²) in [6.45, 7) is 3.47. The van der Waals surface area contributed by atoms with Gasteiger partial charge in [-0.2, -0.15) is 4.99 Å². The number of nitrogens with zero attached hydrogens (tertiary/aromatic N) is 3. The highest BCUT2D eigenvalue weighted by molar-refractivity contribution is 7.17. The molecule has 0 saturated carbocycles. The summed E-state index contributed by atoms with van der Waals surface area (Å²) >= 11 is 2.18. The first kappa shape index (κ1) is 19.2. The molecule has 0 fully saturated rings. The van der Waals surface area contributed by atoms with Gasteiger partial charge in [0.15, 0.2) is 4.80 Å². The number of amides is 1. The number of hydrogen-bond acceptors (Lipinski definition) is 7. The lowest BCUT2D eigenvalue weighted by molar-refractivity contribution is -0.380. The quantitative estimate of drug-likeness (QED) is 0.441. The predicted molar refractivity (Wildman–Crippen MR) is 104 cm³/mol. The molecule has 0 aliphatic rings. The van der Waals surface area contributed by atoms with Crippen LogP contribution in [0.2, 0.25) is 0 Å². The van der Waals surface area contributed by atoms with Crippen molar-refractivity contribution in [3.05, 3.63) is 50.1 Å². The van der Waals surface area contributed by atoms with Crippen LogP contribution in [0.15, 0.2) is 35.3 Å². The molecule has 0 aliphatic carbocycles. The highest BCUT2D eigenvalue weighted by Gasteiger charge is 2.16. The second kappa shape index (κ2) is 8.42. The first-order valence-electron chi connectivity index (χ1n) is 8.12. The number of thiazole rings is 1. The van der Waals surface area contributed by atoms with Gasteiger partial charge in [-0.25, -0.2) is 0 Å². The van der Waals surface area contributed by atoms with Crippen molar-refractivity contribution in [3.8, 4) is 5.75 Å². The summed E-state index contributed by atoms with van der Waals surface area (Å²) < 4.78 is 13.5. The smallest absolute Gasteiger partial charge is 0.324 e. The normalized spacial score (nSPS) is 11.9. The van der Waals surface area contributed by atoms with Crippen LogP contribution < -0.4 is 9.54 Å². The first-order chi connectivity index (χ1) is 13.0. The van der Waals surface area contributed by atoms with E-state index in [4.69, 9.17) is 9.47 Å². The van der Waals surface area contributed by atoms with Crippen LogP contribution >= 0.6 is 22.7 Å². The van der Waals surface area contributed by atoms with Crippen molar-refractivity contribution in [1.82, 2.24) is 4.57 Å². The fourth-order valence-electron chi connectivity index (χ4n) is 2.48. The number of ether oxygens (including phenoxy) is 2. The third kappa shape index (κ3) is 4.24. The molecule has 0 bridgehead atoms. The molecule has 1 amide bonds. The van der Waals surface area contributed by atoms with Gasteiger partial charge in [-0.05, 0) is 31.2 Å². The molecular weight excluding hydrogens is 390 g/mol. The van der Waals surface area contributed by atoms with E-state index in [1.54, 1.807) is 7.11 Å². The Balaban J connectivity index is 2.05. The Kier molecular flexibility index (Phi) is 5.99. The van der Waals surface area contributed by atoms with Crippen LogP contribution in [0.3, 0.4) is 0 Å². The Morgan fingerprint density at radius 1 is 1.30 bits per heavy atom. The zero-order valence-electron chi connectivity index (χ0n) is 14.7. The standard InChI is InChI=1S/C17H17N3O5S2/c1-3-25-11-4-5-12-14(10-11)27-17(19(12)8-9-24-2)18-16(21)13-6-7-15(26-13)20(22)23/h4-7,10H,3,8-9H2,1-2H3. The van der Waals surface area contributed by atoms with Crippen molar-refractivity contribution in [3.63, 3.8) is 0 Å². The second-order valence-corrected chi connectivity index (χ2v) is 7.47. The van der Waals surface area contributed by atoms with Gasteiger partial charge in [-0.3, -0.25) is 14.9 Å². The molecule has 0 spiro atoms. The number of methoxy groups -OCH3 is 1. The van der Waals surface area contributed by atoms with Gasteiger partial charge in [0.2, 0.25) is 0 Å². The lowest BCUT2D eigenvalue weighted by Gasteiger charge is -2.05. The summed E-state index contributed by atoms with van der Waals surface area (Å²) in [5, 5.41) is 10.7. The molecule has 0 atom stereocenters. The molecule has 142 valence electrons. The molecule has 0 saturated heterocycles. The van der Waals surface area contributed by atoms with E-state index in [-0.39, 0.29) is 9.88 Å². The number of nitro groups is 1. The van der Waals surface area contributed by atoms with Gasteiger partial charge < -0.3 is 14.0 Å². The molecule has 2 heterocycles. The molecule has 10 heteroatoms. The Morgan fingerprint density at radius 3 is 2.78 bits per heavy atom. The third-order valence-corrected chi connectivity index (χ3v) is 5.73. The molecule has 3 rings (SSSR count). The van der Waals surface area contributed by atoms with Gasteiger partial charge in [0.1, 0.15) is 10.6 Å². The predicted octanol–water partition coefficient (Wildman–Crippen LogP) is 3.46. The lowest BCUT2D eigenvalue weighted by atomic mass is 10.3.